The Morgan fingerprint density at radius 2 is 1.04 bits per heavy atom. The average molecular weight is 972 g/mol. The minimum atomic E-state index is -1.62. The van der Waals surface area contributed by atoms with E-state index < -0.39 is 67.4 Å². The lowest BCUT2D eigenvalue weighted by atomic mass is 9.99. The van der Waals surface area contributed by atoms with Crippen LogP contribution >= 0.6 is 0 Å². The van der Waals surface area contributed by atoms with Gasteiger partial charge in [-0.05, 0) is 38.5 Å². The monoisotopic (exact) mass is 972 g/mol. The molecule has 8 unspecified atom stereocenters. The van der Waals surface area contributed by atoms with E-state index in [0.717, 1.165) is 51.4 Å². The van der Waals surface area contributed by atoms with Crippen LogP contribution in [-0.4, -0.2) is 99.6 Å². The van der Waals surface area contributed by atoms with Crippen molar-refractivity contribution >= 4 is 11.9 Å². The van der Waals surface area contributed by atoms with Crippen molar-refractivity contribution in [2.75, 3.05) is 13.2 Å². The maximum Gasteiger partial charge on any atom is 0.306 e. The Morgan fingerprint density at radius 1 is 0.580 bits per heavy atom. The molecule has 11 nitrogen and oxygen atoms in total. The molecule has 8 atom stereocenters. The predicted molar refractivity (Wildman–Crippen MR) is 283 cm³/mol. The summed E-state index contributed by atoms with van der Waals surface area (Å²) < 4.78 is 17.5. The van der Waals surface area contributed by atoms with E-state index in [1.165, 1.54) is 122 Å². The Balaban J connectivity index is 2.76. The molecule has 0 aromatic heterocycles. The van der Waals surface area contributed by atoms with E-state index in [9.17, 15) is 35.1 Å². The zero-order chi connectivity index (χ0) is 50.4. The van der Waals surface area contributed by atoms with Crippen molar-refractivity contribution < 1.29 is 49.3 Å². The lowest BCUT2D eigenvalue weighted by molar-refractivity contribution is -0.305. The fourth-order valence-electron chi connectivity index (χ4n) is 8.33. The molecule has 1 aliphatic heterocycles. The second-order valence-electron chi connectivity index (χ2n) is 19.1. The Kier molecular flexibility index (Phi) is 42.9. The lowest BCUT2D eigenvalue weighted by Gasteiger charge is -2.41. The maximum atomic E-state index is 13.3. The summed E-state index contributed by atoms with van der Waals surface area (Å²) in [5.74, 6) is -1.27. The van der Waals surface area contributed by atoms with Crippen LogP contribution in [0.15, 0.2) is 72.9 Å². The van der Waals surface area contributed by atoms with Crippen LogP contribution in [0.25, 0.3) is 0 Å². The zero-order valence-corrected chi connectivity index (χ0v) is 43.7. The number of hydrogen-bond donors (Lipinski definition) is 6. The van der Waals surface area contributed by atoms with Crippen LogP contribution in [-0.2, 0) is 23.8 Å². The fraction of sp³-hybridized carbons (Fsp3) is 0.759. The molecule has 69 heavy (non-hydrogen) atoms. The zero-order valence-electron chi connectivity index (χ0n) is 43.7. The van der Waals surface area contributed by atoms with Crippen molar-refractivity contribution in [3.05, 3.63) is 72.9 Å². The number of unbranched alkanes of at least 4 members (excludes halogenated alkanes) is 25. The molecule has 0 aromatic carbocycles. The average Bonchev–Trinajstić information content (AvgIpc) is 3.34. The number of allylic oxidation sites excluding steroid dienone is 11. The SMILES string of the molecule is CC/C=C/C=C/C=C\C=C/C=C/CCC(O)C(=O)NC(COC1OC(CO)C(O)C(O)C1OC(=O)CCCCCCCCCCCCCCCCCCC)C(O)/C=C/CCCCCCCCCCC. The number of esters is 1. The minimum absolute atomic E-state index is 0.116. The topological polar surface area (TPSA) is 175 Å². The molecule has 0 aromatic rings. The largest absolute Gasteiger partial charge is 0.454 e. The molecule has 0 aliphatic carbocycles. The Bertz CT molecular complexity index is 1390. The van der Waals surface area contributed by atoms with Crippen molar-refractivity contribution in [2.45, 2.75) is 269 Å². The molecule has 1 aliphatic rings. The minimum Gasteiger partial charge on any atom is -0.454 e. The number of nitrogens with one attached hydrogen (secondary N) is 1. The van der Waals surface area contributed by atoms with Crippen molar-refractivity contribution in [1.29, 1.82) is 0 Å². The second-order valence-corrected chi connectivity index (χ2v) is 19.1. The Labute approximate surface area is 420 Å². The highest BCUT2D eigenvalue weighted by atomic mass is 16.7. The first-order valence-electron chi connectivity index (χ1n) is 27.8. The van der Waals surface area contributed by atoms with Gasteiger partial charge in [-0.15, -0.1) is 0 Å². The summed E-state index contributed by atoms with van der Waals surface area (Å²) in [6.07, 6.45) is 46.9. The summed E-state index contributed by atoms with van der Waals surface area (Å²) in [4.78, 5) is 26.4. The lowest BCUT2D eigenvalue weighted by Crippen LogP contribution is -2.61. The molecule has 0 radical (unpaired) electrons. The fourth-order valence-corrected chi connectivity index (χ4v) is 8.33. The third kappa shape index (κ3) is 35.0. The smallest absolute Gasteiger partial charge is 0.306 e. The van der Waals surface area contributed by atoms with Crippen LogP contribution in [0.2, 0.25) is 0 Å². The van der Waals surface area contributed by atoms with Crippen LogP contribution in [0.3, 0.4) is 0 Å². The highest BCUT2D eigenvalue weighted by Gasteiger charge is 2.47. The van der Waals surface area contributed by atoms with Gasteiger partial charge in [-0.1, -0.05) is 248 Å². The van der Waals surface area contributed by atoms with Crippen LogP contribution in [0.1, 0.15) is 220 Å². The maximum absolute atomic E-state index is 13.3. The standard InChI is InChI=1S/C58H101NO10/c1-4-7-10-13-16-19-22-24-25-26-27-28-31-34-37-40-43-46-53(63)69-56-55(65)54(64)52(47-60)68-58(56)67-48-49(50(61)44-41-38-35-32-29-21-18-15-12-9-6-3)59-57(66)51(62)45-42-39-36-33-30-23-20-17-14-11-8-5-2/h8,11,14,17,20,23,30,33,36,39,41,44,49-52,54-56,58,60-62,64-65H,4-7,9-10,12-13,15-16,18-19,21-22,24-29,31-32,34-35,37-38,40,42-43,45-48H2,1-3H3,(H,59,66)/b11-8+,17-14+,23-20-,33-30-,39-36+,44-41+. The number of carbonyl (C=O) groups excluding carboxylic acids is 2. The first-order valence-corrected chi connectivity index (χ1v) is 27.8. The first kappa shape index (κ1) is 64.1. The van der Waals surface area contributed by atoms with Gasteiger partial charge in [0.2, 0.25) is 5.91 Å². The summed E-state index contributed by atoms with van der Waals surface area (Å²) >= 11 is 0. The summed E-state index contributed by atoms with van der Waals surface area (Å²) in [5, 5.41) is 56.5. The van der Waals surface area contributed by atoms with Crippen LogP contribution in [0, 0.1) is 0 Å². The van der Waals surface area contributed by atoms with Crippen molar-refractivity contribution in [1.82, 2.24) is 5.32 Å². The molecule has 1 amide bonds. The number of ether oxygens (including phenoxy) is 3. The number of amides is 1. The normalized spacial score (nSPS) is 20.4. The van der Waals surface area contributed by atoms with E-state index in [4.69, 9.17) is 14.2 Å². The number of aliphatic hydroxyl groups is 5. The number of rotatable bonds is 45. The van der Waals surface area contributed by atoms with Crippen molar-refractivity contribution in [2.24, 2.45) is 0 Å². The van der Waals surface area contributed by atoms with Gasteiger partial charge in [0.05, 0.1) is 25.4 Å². The van der Waals surface area contributed by atoms with Crippen LogP contribution in [0.5, 0.6) is 0 Å². The van der Waals surface area contributed by atoms with Gasteiger partial charge in [-0.2, -0.15) is 0 Å². The Hall–Kier alpha value is -2.90. The van der Waals surface area contributed by atoms with E-state index in [1.807, 2.05) is 60.8 Å². The molecule has 398 valence electrons. The van der Waals surface area contributed by atoms with Gasteiger partial charge in [0.25, 0.3) is 0 Å². The molecule has 1 saturated heterocycles. The van der Waals surface area contributed by atoms with Crippen molar-refractivity contribution in [3.63, 3.8) is 0 Å². The Morgan fingerprint density at radius 3 is 1.54 bits per heavy atom. The van der Waals surface area contributed by atoms with E-state index >= 15 is 0 Å². The highest BCUT2D eigenvalue weighted by Crippen LogP contribution is 2.26. The molecule has 0 bridgehead atoms. The molecule has 0 saturated carbocycles. The molecule has 11 heteroatoms. The highest BCUT2D eigenvalue weighted by molar-refractivity contribution is 5.80. The van der Waals surface area contributed by atoms with Crippen LogP contribution < -0.4 is 5.32 Å². The molecular weight excluding hydrogens is 871 g/mol. The van der Waals surface area contributed by atoms with E-state index in [0.29, 0.717) is 12.8 Å². The molecular formula is C58H101NO10. The molecule has 0 spiro atoms. The summed E-state index contributed by atoms with van der Waals surface area (Å²) in [6.45, 7) is 5.57. The quantitative estimate of drug-likeness (QED) is 0.0149. The molecule has 1 fully saturated rings. The van der Waals surface area contributed by atoms with Crippen molar-refractivity contribution in [3.8, 4) is 0 Å². The molecule has 1 rings (SSSR count). The number of aliphatic hydroxyl groups excluding tert-OH is 5. The number of hydrogen-bond acceptors (Lipinski definition) is 10. The summed E-state index contributed by atoms with van der Waals surface area (Å²) in [5.41, 5.74) is 0. The third-order valence-electron chi connectivity index (χ3n) is 12.8. The van der Waals surface area contributed by atoms with E-state index in [2.05, 4.69) is 32.2 Å². The van der Waals surface area contributed by atoms with Gasteiger partial charge >= 0.3 is 5.97 Å². The van der Waals surface area contributed by atoms with E-state index in [-0.39, 0.29) is 19.4 Å². The van der Waals surface area contributed by atoms with E-state index in [1.54, 1.807) is 6.08 Å². The third-order valence-corrected chi connectivity index (χ3v) is 12.8. The summed E-state index contributed by atoms with van der Waals surface area (Å²) in [6, 6.07) is -1.06. The first-order chi connectivity index (χ1) is 33.7. The van der Waals surface area contributed by atoms with Gasteiger partial charge in [-0.3, -0.25) is 9.59 Å². The van der Waals surface area contributed by atoms with Gasteiger partial charge in [-0.25, -0.2) is 0 Å². The molecule has 6 N–H and O–H groups in total. The number of carbonyl (C=O) groups is 2. The second kappa shape index (κ2) is 46.2. The van der Waals surface area contributed by atoms with Gasteiger partial charge < -0.3 is 45.1 Å². The van der Waals surface area contributed by atoms with Gasteiger partial charge in [0.1, 0.15) is 24.4 Å². The van der Waals surface area contributed by atoms with Gasteiger partial charge in [0.15, 0.2) is 12.4 Å². The summed E-state index contributed by atoms with van der Waals surface area (Å²) in [7, 11) is 0. The molecule has 1 heterocycles. The predicted octanol–water partition coefficient (Wildman–Crippen LogP) is 12.1. The van der Waals surface area contributed by atoms with Crippen LogP contribution in [0.4, 0.5) is 0 Å². The van der Waals surface area contributed by atoms with Gasteiger partial charge in [0, 0.05) is 6.42 Å².